The zero-order valence-corrected chi connectivity index (χ0v) is 8.81. The summed E-state index contributed by atoms with van der Waals surface area (Å²) in [6, 6.07) is -0.372. The van der Waals surface area contributed by atoms with Gasteiger partial charge in [0.2, 0.25) is 0 Å². The average molecular weight is 216 g/mol. The standard InChI is InChI=1S/C8H12N2O3S/c1-5(7(11)13-2)9-3-6-4-14-8(12)10-6/h4-5,9H,3H2,1-2H3,(H,10,12). The van der Waals surface area contributed by atoms with Gasteiger partial charge in [-0.25, -0.2) is 0 Å². The lowest BCUT2D eigenvalue weighted by molar-refractivity contribution is -0.142. The fourth-order valence-electron chi connectivity index (χ4n) is 0.924. The number of carbonyl (C=O) groups excluding carboxylic acids is 1. The minimum Gasteiger partial charge on any atom is -0.468 e. The molecule has 0 spiro atoms. The van der Waals surface area contributed by atoms with Crippen LogP contribution in [0.15, 0.2) is 10.2 Å². The van der Waals surface area contributed by atoms with Gasteiger partial charge in [0.05, 0.1) is 7.11 Å². The van der Waals surface area contributed by atoms with Crippen molar-refractivity contribution in [1.29, 1.82) is 0 Å². The molecule has 0 aromatic carbocycles. The summed E-state index contributed by atoms with van der Waals surface area (Å²) in [7, 11) is 1.34. The number of methoxy groups -OCH3 is 1. The van der Waals surface area contributed by atoms with Crippen molar-refractivity contribution in [3.8, 4) is 0 Å². The van der Waals surface area contributed by atoms with E-state index in [-0.39, 0.29) is 16.9 Å². The molecule has 1 aromatic rings. The number of rotatable bonds is 4. The third-order valence-corrected chi connectivity index (χ3v) is 2.44. The summed E-state index contributed by atoms with van der Waals surface area (Å²) in [5.74, 6) is -0.317. The van der Waals surface area contributed by atoms with Gasteiger partial charge in [-0.3, -0.25) is 14.9 Å². The highest BCUT2D eigenvalue weighted by molar-refractivity contribution is 7.07. The monoisotopic (exact) mass is 216 g/mol. The van der Waals surface area contributed by atoms with Crippen LogP contribution < -0.4 is 10.2 Å². The van der Waals surface area contributed by atoms with Gasteiger partial charge in [-0.1, -0.05) is 11.3 Å². The van der Waals surface area contributed by atoms with E-state index < -0.39 is 0 Å². The number of carbonyl (C=O) groups is 1. The largest absolute Gasteiger partial charge is 0.468 e. The van der Waals surface area contributed by atoms with Crippen molar-refractivity contribution in [1.82, 2.24) is 10.3 Å². The lowest BCUT2D eigenvalue weighted by Crippen LogP contribution is -2.34. The zero-order valence-electron chi connectivity index (χ0n) is 7.99. The fraction of sp³-hybridized carbons (Fsp3) is 0.500. The van der Waals surface area contributed by atoms with Crippen molar-refractivity contribution >= 4 is 17.3 Å². The quantitative estimate of drug-likeness (QED) is 0.700. The smallest absolute Gasteiger partial charge is 0.322 e. The Bertz CT molecular complexity index is 357. The van der Waals surface area contributed by atoms with E-state index in [9.17, 15) is 9.59 Å². The maximum absolute atomic E-state index is 11.0. The molecule has 14 heavy (non-hydrogen) atoms. The Morgan fingerprint density at radius 3 is 3.00 bits per heavy atom. The number of H-pyrrole nitrogens is 1. The number of aromatic amines is 1. The van der Waals surface area contributed by atoms with Crippen LogP contribution in [0.25, 0.3) is 0 Å². The molecule has 5 nitrogen and oxygen atoms in total. The molecule has 0 amide bonds. The first-order chi connectivity index (χ1) is 6.63. The Hall–Kier alpha value is -1.14. The Balaban J connectivity index is 2.41. The third-order valence-electron chi connectivity index (χ3n) is 1.72. The second-order valence-corrected chi connectivity index (χ2v) is 3.64. The van der Waals surface area contributed by atoms with E-state index in [1.54, 1.807) is 12.3 Å². The van der Waals surface area contributed by atoms with Crippen LogP contribution in [0.5, 0.6) is 0 Å². The van der Waals surface area contributed by atoms with Crippen LogP contribution in [0.4, 0.5) is 0 Å². The second kappa shape index (κ2) is 4.92. The highest BCUT2D eigenvalue weighted by atomic mass is 32.1. The number of ether oxygens (including phenoxy) is 1. The van der Waals surface area contributed by atoms with E-state index in [0.717, 1.165) is 17.0 Å². The van der Waals surface area contributed by atoms with Gasteiger partial charge in [-0.05, 0) is 6.92 Å². The summed E-state index contributed by atoms with van der Waals surface area (Å²) in [5.41, 5.74) is 0.774. The Morgan fingerprint density at radius 1 is 1.79 bits per heavy atom. The summed E-state index contributed by atoms with van der Waals surface area (Å²) in [4.78, 5) is 24.3. The number of hydrogen-bond acceptors (Lipinski definition) is 5. The van der Waals surface area contributed by atoms with Gasteiger partial charge >= 0.3 is 10.8 Å². The van der Waals surface area contributed by atoms with Crippen LogP contribution in [0.2, 0.25) is 0 Å². The van der Waals surface area contributed by atoms with Gasteiger partial charge in [-0.2, -0.15) is 0 Å². The summed E-state index contributed by atoms with van der Waals surface area (Å²) < 4.78 is 4.53. The van der Waals surface area contributed by atoms with Gasteiger partial charge < -0.3 is 9.72 Å². The summed E-state index contributed by atoms with van der Waals surface area (Å²) >= 11 is 1.10. The van der Waals surface area contributed by atoms with Crippen LogP contribution in [0.1, 0.15) is 12.6 Å². The highest BCUT2D eigenvalue weighted by Crippen LogP contribution is 1.96. The summed E-state index contributed by atoms with van der Waals surface area (Å²) in [5, 5.41) is 4.65. The van der Waals surface area contributed by atoms with Crippen molar-refractivity contribution in [2.75, 3.05) is 7.11 Å². The lowest BCUT2D eigenvalue weighted by atomic mass is 10.3. The molecule has 1 rings (SSSR count). The Labute approximate surface area is 85.1 Å². The predicted octanol–water partition coefficient (Wildman–Crippen LogP) is 0.0875. The van der Waals surface area contributed by atoms with Crippen LogP contribution in [-0.2, 0) is 16.1 Å². The molecule has 0 aliphatic heterocycles. The van der Waals surface area contributed by atoms with E-state index in [0.29, 0.717) is 6.54 Å². The first-order valence-electron chi connectivity index (χ1n) is 4.11. The van der Waals surface area contributed by atoms with E-state index >= 15 is 0 Å². The molecular formula is C8H12N2O3S. The molecule has 0 saturated heterocycles. The third kappa shape index (κ3) is 2.97. The summed E-state index contributed by atoms with van der Waals surface area (Å²) in [6.45, 7) is 2.16. The zero-order chi connectivity index (χ0) is 10.6. The SMILES string of the molecule is COC(=O)C(C)NCc1csc(=O)[nH]1. The topological polar surface area (TPSA) is 71.2 Å². The van der Waals surface area contributed by atoms with E-state index in [1.165, 1.54) is 7.11 Å². The second-order valence-electron chi connectivity index (χ2n) is 2.80. The number of esters is 1. The molecule has 1 heterocycles. The van der Waals surface area contributed by atoms with Crippen molar-refractivity contribution in [3.63, 3.8) is 0 Å². The van der Waals surface area contributed by atoms with E-state index in [4.69, 9.17) is 0 Å². The van der Waals surface area contributed by atoms with Crippen LogP contribution in [0.3, 0.4) is 0 Å². The van der Waals surface area contributed by atoms with Crippen LogP contribution in [-0.4, -0.2) is 24.1 Å². The average Bonchev–Trinajstić information content (AvgIpc) is 2.59. The predicted molar refractivity (Wildman–Crippen MR) is 53.3 cm³/mol. The molecule has 1 unspecified atom stereocenters. The van der Waals surface area contributed by atoms with Gasteiger partial charge in [0.25, 0.3) is 0 Å². The molecule has 0 aliphatic rings. The maximum Gasteiger partial charge on any atom is 0.322 e. The molecule has 0 fully saturated rings. The fourth-order valence-corrected chi connectivity index (χ4v) is 1.51. The van der Waals surface area contributed by atoms with Gasteiger partial charge in [0.15, 0.2) is 0 Å². The van der Waals surface area contributed by atoms with Gasteiger partial charge in [-0.15, -0.1) is 0 Å². The maximum atomic E-state index is 11.0. The van der Waals surface area contributed by atoms with Crippen molar-refractivity contribution in [2.24, 2.45) is 0 Å². The van der Waals surface area contributed by atoms with Crippen molar-refractivity contribution in [2.45, 2.75) is 19.5 Å². The molecule has 0 saturated carbocycles. The van der Waals surface area contributed by atoms with E-state index in [1.807, 2.05) is 0 Å². The molecule has 1 aromatic heterocycles. The number of hydrogen-bond donors (Lipinski definition) is 2. The molecule has 0 aliphatic carbocycles. The Morgan fingerprint density at radius 2 is 2.50 bits per heavy atom. The normalized spacial score (nSPS) is 12.4. The highest BCUT2D eigenvalue weighted by Gasteiger charge is 2.11. The molecule has 78 valence electrons. The number of aromatic nitrogens is 1. The molecular weight excluding hydrogens is 204 g/mol. The van der Waals surface area contributed by atoms with Crippen LogP contribution in [0, 0.1) is 0 Å². The minimum absolute atomic E-state index is 0.0903. The lowest BCUT2D eigenvalue weighted by Gasteiger charge is -2.09. The number of thiazole rings is 1. The molecule has 1 atom stereocenters. The van der Waals surface area contributed by atoms with Gasteiger partial charge in [0.1, 0.15) is 6.04 Å². The van der Waals surface area contributed by atoms with E-state index in [2.05, 4.69) is 15.0 Å². The van der Waals surface area contributed by atoms with Crippen LogP contribution >= 0.6 is 11.3 Å². The first-order valence-corrected chi connectivity index (χ1v) is 4.99. The molecule has 6 heteroatoms. The van der Waals surface area contributed by atoms with Crippen molar-refractivity contribution in [3.05, 3.63) is 20.7 Å². The summed E-state index contributed by atoms with van der Waals surface area (Å²) in [6.07, 6.45) is 0. The Kier molecular flexibility index (Phi) is 3.84. The van der Waals surface area contributed by atoms with Crippen molar-refractivity contribution < 1.29 is 9.53 Å². The minimum atomic E-state index is -0.372. The first kappa shape index (κ1) is 10.9. The molecule has 0 radical (unpaired) electrons. The molecule has 0 bridgehead atoms. The van der Waals surface area contributed by atoms with Gasteiger partial charge in [0, 0.05) is 17.6 Å². The molecule has 2 N–H and O–H groups in total. The number of nitrogens with one attached hydrogen (secondary N) is 2.